The quantitative estimate of drug-likeness (QED) is 0.873. The summed E-state index contributed by atoms with van der Waals surface area (Å²) in [5, 5.41) is 9.03. The number of aliphatic carboxylic acids is 1. The molecule has 0 spiro atoms. The van der Waals surface area contributed by atoms with E-state index in [4.69, 9.17) is 20.3 Å². The molecule has 0 aliphatic rings. The Morgan fingerprint density at radius 3 is 2.11 bits per heavy atom. The summed E-state index contributed by atoms with van der Waals surface area (Å²) in [6, 6.07) is 2.28. The number of carboxylic acids is 1. The van der Waals surface area contributed by atoms with E-state index in [2.05, 4.69) is 0 Å². The topological polar surface area (TPSA) is 81.8 Å². The van der Waals surface area contributed by atoms with Gasteiger partial charge in [-0.25, -0.2) is 0 Å². The van der Waals surface area contributed by atoms with E-state index < -0.39 is 12.0 Å². The lowest BCUT2D eigenvalue weighted by molar-refractivity contribution is -0.138. The average Bonchev–Trinajstić information content (AvgIpc) is 2.34. The lowest BCUT2D eigenvalue weighted by Crippen LogP contribution is -2.22. The van der Waals surface area contributed by atoms with Gasteiger partial charge in [-0.3, -0.25) is 4.79 Å². The van der Waals surface area contributed by atoms with Crippen LogP contribution in [0, 0.1) is 0 Å². The highest BCUT2D eigenvalue weighted by Crippen LogP contribution is 2.38. The van der Waals surface area contributed by atoms with Crippen LogP contribution in [0.5, 0.6) is 11.5 Å². The molecule has 0 aliphatic heterocycles. The van der Waals surface area contributed by atoms with Gasteiger partial charge in [0.05, 0.1) is 14.2 Å². The highest BCUT2D eigenvalue weighted by atomic mass is 16.5. The van der Waals surface area contributed by atoms with Crippen LogP contribution in [0.25, 0.3) is 0 Å². The molecule has 5 nitrogen and oxygen atoms in total. The number of ether oxygens (including phenoxy) is 2. The third kappa shape index (κ3) is 3.17. The number of methoxy groups -OCH3 is 2. The lowest BCUT2D eigenvalue weighted by Gasteiger charge is -2.24. The molecule has 0 saturated carbocycles. The van der Waals surface area contributed by atoms with Crippen LogP contribution in [0.3, 0.4) is 0 Å². The fraction of sp³-hybridized carbons (Fsp3) is 0.500. The Labute approximate surface area is 113 Å². The molecule has 3 N–H and O–H groups in total. The van der Waals surface area contributed by atoms with E-state index in [-0.39, 0.29) is 5.41 Å². The monoisotopic (exact) mass is 267 g/mol. The standard InChI is InChI=1S/C14H21NO4/c1-14(2,3)9-7-10(18-4)8(6-11(9)19-5)12(15)13(16)17/h6-7,12H,15H2,1-5H3,(H,16,17). The Hall–Kier alpha value is -1.75. The molecule has 5 heteroatoms. The first-order chi connectivity index (χ1) is 8.72. The third-order valence-corrected chi connectivity index (χ3v) is 2.96. The summed E-state index contributed by atoms with van der Waals surface area (Å²) in [4.78, 5) is 11.0. The second kappa shape index (κ2) is 5.48. The Morgan fingerprint density at radius 2 is 1.74 bits per heavy atom. The van der Waals surface area contributed by atoms with Crippen LogP contribution >= 0.6 is 0 Å². The van der Waals surface area contributed by atoms with E-state index in [9.17, 15) is 4.79 Å². The van der Waals surface area contributed by atoms with Crippen molar-refractivity contribution in [2.24, 2.45) is 5.73 Å². The molecule has 0 fully saturated rings. The number of hydrogen-bond acceptors (Lipinski definition) is 4. The normalized spacial score (nSPS) is 12.9. The zero-order valence-electron chi connectivity index (χ0n) is 12.0. The predicted molar refractivity (Wildman–Crippen MR) is 72.8 cm³/mol. The highest BCUT2D eigenvalue weighted by molar-refractivity contribution is 5.77. The molecule has 1 unspecified atom stereocenters. The van der Waals surface area contributed by atoms with Gasteiger partial charge in [0.15, 0.2) is 0 Å². The summed E-state index contributed by atoms with van der Waals surface area (Å²) in [6.07, 6.45) is 0. The van der Waals surface area contributed by atoms with Crippen molar-refractivity contribution in [1.29, 1.82) is 0 Å². The summed E-state index contributed by atoms with van der Waals surface area (Å²) in [7, 11) is 3.04. The van der Waals surface area contributed by atoms with Crippen LogP contribution in [-0.4, -0.2) is 25.3 Å². The molecule has 0 radical (unpaired) electrons. The molecule has 0 saturated heterocycles. The van der Waals surface area contributed by atoms with Crippen molar-refractivity contribution < 1.29 is 19.4 Å². The summed E-state index contributed by atoms with van der Waals surface area (Å²) in [5.74, 6) is -0.0375. The predicted octanol–water partition coefficient (Wildman–Crippen LogP) is 2.09. The molecule has 1 aromatic carbocycles. The minimum absolute atomic E-state index is 0.148. The number of hydrogen-bond donors (Lipinski definition) is 2. The first-order valence-electron chi connectivity index (χ1n) is 5.97. The van der Waals surface area contributed by atoms with Crippen molar-refractivity contribution in [3.63, 3.8) is 0 Å². The van der Waals surface area contributed by atoms with Gasteiger partial charge in [-0.1, -0.05) is 20.8 Å². The SMILES string of the molecule is COc1cc(C(C)(C)C)c(OC)cc1C(N)C(=O)O. The summed E-state index contributed by atoms with van der Waals surface area (Å²) >= 11 is 0. The molecule has 0 heterocycles. The summed E-state index contributed by atoms with van der Waals surface area (Å²) < 4.78 is 10.6. The molecule has 106 valence electrons. The van der Waals surface area contributed by atoms with E-state index in [0.717, 1.165) is 5.56 Å². The Balaban J connectivity index is 3.48. The average molecular weight is 267 g/mol. The van der Waals surface area contributed by atoms with Crippen LogP contribution in [0.15, 0.2) is 12.1 Å². The van der Waals surface area contributed by atoms with Crippen LogP contribution in [0.1, 0.15) is 37.9 Å². The van der Waals surface area contributed by atoms with E-state index in [0.29, 0.717) is 17.1 Å². The number of rotatable bonds is 4. The van der Waals surface area contributed by atoms with E-state index in [1.165, 1.54) is 7.11 Å². The number of nitrogens with two attached hydrogens (primary N) is 1. The highest BCUT2D eigenvalue weighted by Gasteiger charge is 2.25. The Bertz CT molecular complexity index is 477. The molecule has 1 rings (SSSR count). The molecule has 1 atom stereocenters. The van der Waals surface area contributed by atoms with Crippen molar-refractivity contribution in [1.82, 2.24) is 0 Å². The van der Waals surface area contributed by atoms with Gasteiger partial charge in [-0.05, 0) is 17.5 Å². The van der Waals surface area contributed by atoms with Gasteiger partial charge < -0.3 is 20.3 Å². The first kappa shape index (κ1) is 15.3. The smallest absolute Gasteiger partial charge is 0.325 e. The molecular formula is C14H21NO4. The molecule has 0 aromatic heterocycles. The van der Waals surface area contributed by atoms with Crippen LogP contribution in [0.2, 0.25) is 0 Å². The van der Waals surface area contributed by atoms with E-state index >= 15 is 0 Å². The van der Waals surface area contributed by atoms with Crippen molar-refractivity contribution >= 4 is 5.97 Å². The van der Waals surface area contributed by atoms with Crippen LogP contribution in [0.4, 0.5) is 0 Å². The van der Waals surface area contributed by atoms with Gasteiger partial charge in [0.2, 0.25) is 0 Å². The third-order valence-electron chi connectivity index (χ3n) is 2.96. The lowest BCUT2D eigenvalue weighted by atomic mass is 9.85. The number of benzene rings is 1. The molecule has 1 aromatic rings. The fourth-order valence-corrected chi connectivity index (χ4v) is 1.88. The van der Waals surface area contributed by atoms with Gasteiger partial charge in [0.25, 0.3) is 0 Å². The number of carboxylic acid groups (broad SMARTS) is 1. The maximum Gasteiger partial charge on any atom is 0.325 e. The van der Waals surface area contributed by atoms with Gasteiger partial charge in [0, 0.05) is 11.1 Å². The molecule has 0 bridgehead atoms. The maximum atomic E-state index is 11.0. The van der Waals surface area contributed by atoms with Gasteiger partial charge in [0.1, 0.15) is 17.5 Å². The van der Waals surface area contributed by atoms with Crippen molar-refractivity contribution in [2.75, 3.05) is 14.2 Å². The zero-order valence-corrected chi connectivity index (χ0v) is 12.0. The maximum absolute atomic E-state index is 11.0. The summed E-state index contributed by atoms with van der Waals surface area (Å²) in [6.45, 7) is 6.13. The summed E-state index contributed by atoms with van der Waals surface area (Å²) in [5.41, 5.74) is 6.85. The molecule has 0 amide bonds. The Kier molecular flexibility index (Phi) is 4.42. The molecule has 19 heavy (non-hydrogen) atoms. The minimum Gasteiger partial charge on any atom is -0.496 e. The minimum atomic E-state index is -1.14. The van der Waals surface area contributed by atoms with Crippen molar-refractivity contribution in [3.8, 4) is 11.5 Å². The fourth-order valence-electron chi connectivity index (χ4n) is 1.88. The van der Waals surface area contributed by atoms with Crippen LogP contribution < -0.4 is 15.2 Å². The van der Waals surface area contributed by atoms with Crippen LogP contribution in [-0.2, 0) is 10.2 Å². The van der Waals surface area contributed by atoms with Gasteiger partial charge in [-0.15, -0.1) is 0 Å². The second-order valence-electron chi connectivity index (χ2n) is 5.36. The van der Waals surface area contributed by atoms with Gasteiger partial charge in [-0.2, -0.15) is 0 Å². The Morgan fingerprint density at radius 1 is 1.21 bits per heavy atom. The van der Waals surface area contributed by atoms with Crippen molar-refractivity contribution in [2.45, 2.75) is 32.2 Å². The second-order valence-corrected chi connectivity index (χ2v) is 5.36. The first-order valence-corrected chi connectivity index (χ1v) is 5.97. The van der Waals surface area contributed by atoms with Gasteiger partial charge >= 0.3 is 5.97 Å². The van der Waals surface area contributed by atoms with Crippen molar-refractivity contribution in [3.05, 3.63) is 23.3 Å². The van der Waals surface area contributed by atoms with E-state index in [1.807, 2.05) is 20.8 Å². The molecular weight excluding hydrogens is 246 g/mol. The largest absolute Gasteiger partial charge is 0.496 e. The van der Waals surface area contributed by atoms with E-state index in [1.54, 1.807) is 19.2 Å². The molecule has 0 aliphatic carbocycles. The number of carbonyl (C=O) groups is 1. The zero-order chi connectivity index (χ0) is 14.8.